The summed E-state index contributed by atoms with van der Waals surface area (Å²) in [5.74, 6) is 1.71. The van der Waals surface area contributed by atoms with E-state index in [1.807, 2.05) is 30.0 Å². The second-order valence-corrected chi connectivity index (χ2v) is 7.56. The maximum Gasteiger partial charge on any atom is 0.257 e. The molecule has 29 heavy (non-hydrogen) atoms. The minimum absolute atomic E-state index is 0.0190. The van der Waals surface area contributed by atoms with Crippen LogP contribution in [0.3, 0.4) is 0 Å². The first-order valence-electron chi connectivity index (χ1n) is 10.4. The Morgan fingerprint density at radius 3 is 2.31 bits per heavy atom. The Morgan fingerprint density at radius 2 is 1.69 bits per heavy atom. The predicted octanol–water partition coefficient (Wildman–Crippen LogP) is 1.28. The molecule has 2 aliphatic rings. The number of piperazine rings is 2. The smallest absolute Gasteiger partial charge is 0.257 e. The number of hydrogen-bond acceptors (Lipinski definition) is 7. The van der Waals surface area contributed by atoms with E-state index in [4.69, 9.17) is 0 Å². The summed E-state index contributed by atoms with van der Waals surface area (Å²) in [6.07, 6.45) is 3.51. The zero-order valence-corrected chi connectivity index (χ0v) is 17.3. The van der Waals surface area contributed by atoms with Crippen LogP contribution in [0.25, 0.3) is 0 Å². The Bertz CT molecular complexity index is 828. The van der Waals surface area contributed by atoms with Gasteiger partial charge in [0.05, 0.1) is 11.3 Å². The number of anilines is 2. The Labute approximate surface area is 172 Å². The van der Waals surface area contributed by atoms with Crippen molar-refractivity contribution in [1.29, 1.82) is 0 Å². The number of carbonyl (C=O) groups excluding carboxylic acids is 1. The lowest BCUT2D eigenvalue weighted by atomic mass is 10.2. The Hall–Kier alpha value is -2.74. The fourth-order valence-corrected chi connectivity index (χ4v) is 3.93. The topological polar surface area (TPSA) is 68.7 Å². The molecule has 0 N–H and O–H groups in total. The highest BCUT2D eigenvalue weighted by molar-refractivity contribution is 5.95. The van der Waals surface area contributed by atoms with E-state index in [9.17, 15) is 4.79 Å². The summed E-state index contributed by atoms with van der Waals surface area (Å²) in [4.78, 5) is 35.3. The van der Waals surface area contributed by atoms with E-state index >= 15 is 0 Å². The summed E-state index contributed by atoms with van der Waals surface area (Å²) in [6.45, 7) is 12.0. The van der Waals surface area contributed by atoms with Crippen LogP contribution in [0.2, 0.25) is 0 Å². The Morgan fingerprint density at radius 1 is 0.966 bits per heavy atom. The highest BCUT2D eigenvalue weighted by atomic mass is 16.2. The Kier molecular flexibility index (Phi) is 5.89. The van der Waals surface area contributed by atoms with E-state index in [0.717, 1.165) is 63.3 Å². The number of amides is 1. The largest absolute Gasteiger partial charge is 0.353 e. The van der Waals surface area contributed by atoms with Crippen LogP contribution in [0, 0.1) is 6.92 Å². The van der Waals surface area contributed by atoms with Crippen LogP contribution in [-0.2, 0) is 0 Å². The minimum Gasteiger partial charge on any atom is -0.353 e. The molecule has 0 aromatic carbocycles. The summed E-state index contributed by atoms with van der Waals surface area (Å²) < 4.78 is 0. The third kappa shape index (κ3) is 4.32. The highest BCUT2D eigenvalue weighted by Gasteiger charge is 2.25. The molecule has 1 amide bonds. The van der Waals surface area contributed by atoms with Crippen LogP contribution < -0.4 is 9.80 Å². The SMILES string of the molecule is CCN1CCN(c2ncc(C(=O)N3CCN(c4ccccn4)CC3)c(C)n2)CC1. The number of rotatable bonds is 4. The first kappa shape index (κ1) is 19.6. The van der Waals surface area contributed by atoms with Gasteiger partial charge in [-0.05, 0) is 25.6 Å². The van der Waals surface area contributed by atoms with Crippen LogP contribution in [0.5, 0.6) is 0 Å². The molecule has 2 aliphatic heterocycles. The maximum absolute atomic E-state index is 13.0. The van der Waals surface area contributed by atoms with Gasteiger partial charge in [0, 0.05) is 64.8 Å². The molecule has 8 heteroatoms. The fourth-order valence-electron chi connectivity index (χ4n) is 3.93. The molecule has 0 unspecified atom stereocenters. The summed E-state index contributed by atoms with van der Waals surface area (Å²) in [5, 5.41) is 0. The molecule has 0 spiro atoms. The van der Waals surface area contributed by atoms with E-state index in [2.05, 4.69) is 36.6 Å². The zero-order chi connectivity index (χ0) is 20.2. The molecular formula is C21H29N7O. The van der Waals surface area contributed by atoms with Crippen LogP contribution in [0.15, 0.2) is 30.6 Å². The molecule has 2 aromatic heterocycles. The van der Waals surface area contributed by atoms with E-state index in [0.29, 0.717) is 18.7 Å². The van der Waals surface area contributed by atoms with Crippen molar-refractivity contribution in [2.45, 2.75) is 13.8 Å². The lowest BCUT2D eigenvalue weighted by Gasteiger charge is -2.36. The summed E-state index contributed by atoms with van der Waals surface area (Å²) in [5.41, 5.74) is 1.36. The summed E-state index contributed by atoms with van der Waals surface area (Å²) in [7, 11) is 0. The van der Waals surface area contributed by atoms with Crippen molar-refractivity contribution in [3.05, 3.63) is 41.9 Å². The van der Waals surface area contributed by atoms with Gasteiger partial charge in [-0.25, -0.2) is 15.0 Å². The molecule has 2 fully saturated rings. The first-order chi connectivity index (χ1) is 14.2. The Balaban J connectivity index is 1.38. The molecule has 2 aromatic rings. The zero-order valence-electron chi connectivity index (χ0n) is 17.3. The molecule has 154 valence electrons. The van der Waals surface area contributed by atoms with Gasteiger partial charge in [-0.15, -0.1) is 0 Å². The second-order valence-electron chi connectivity index (χ2n) is 7.56. The summed E-state index contributed by atoms with van der Waals surface area (Å²) in [6, 6.07) is 5.91. The van der Waals surface area contributed by atoms with Crippen LogP contribution >= 0.6 is 0 Å². The van der Waals surface area contributed by atoms with E-state index < -0.39 is 0 Å². The number of carbonyl (C=O) groups is 1. The molecule has 0 bridgehead atoms. The fraction of sp³-hybridized carbons (Fsp3) is 0.524. The van der Waals surface area contributed by atoms with Gasteiger partial charge in [0.1, 0.15) is 5.82 Å². The van der Waals surface area contributed by atoms with Crippen molar-refractivity contribution in [2.75, 3.05) is 68.7 Å². The van der Waals surface area contributed by atoms with Gasteiger partial charge in [0.15, 0.2) is 0 Å². The molecule has 8 nitrogen and oxygen atoms in total. The summed E-state index contributed by atoms with van der Waals surface area (Å²) >= 11 is 0. The third-order valence-corrected chi connectivity index (χ3v) is 5.84. The molecule has 0 radical (unpaired) electrons. The van der Waals surface area contributed by atoms with Crippen molar-refractivity contribution in [2.24, 2.45) is 0 Å². The number of aryl methyl sites for hydroxylation is 1. The van der Waals surface area contributed by atoms with E-state index in [-0.39, 0.29) is 5.91 Å². The van der Waals surface area contributed by atoms with Crippen LogP contribution in [-0.4, -0.2) is 89.6 Å². The number of likely N-dealkylation sites (N-methyl/N-ethyl adjacent to an activating group) is 1. The van der Waals surface area contributed by atoms with Crippen molar-refractivity contribution < 1.29 is 4.79 Å². The molecule has 2 saturated heterocycles. The average molecular weight is 396 g/mol. The quantitative estimate of drug-likeness (QED) is 0.773. The number of nitrogens with zero attached hydrogens (tertiary/aromatic N) is 7. The average Bonchev–Trinajstić information content (AvgIpc) is 2.79. The van der Waals surface area contributed by atoms with Gasteiger partial charge < -0.3 is 19.6 Å². The number of pyridine rings is 1. The standard InChI is InChI=1S/C21H29N7O/c1-3-25-8-10-28(11-9-25)21-23-16-18(17(2)24-21)20(29)27-14-12-26(13-15-27)19-6-4-5-7-22-19/h4-7,16H,3,8-15H2,1-2H3. The second kappa shape index (κ2) is 8.73. The van der Waals surface area contributed by atoms with E-state index in [1.54, 1.807) is 12.4 Å². The van der Waals surface area contributed by atoms with Crippen molar-refractivity contribution in [1.82, 2.24) is 24.8 Å². The van der Waals surface area contributed by atoms with Crippen LogP contribution in [0.4, 0.5) is 11.8 Å². The highest BCUT2D eigenvalue weighted by Crippen LogP contribution is 2.18. The van der Waals surface area contributed by atoms with Crippen molar-refractivity contribution in [3.8, 4) is 0 Å². The first-order valence-corrected chi connectivity index (χ1v) is 10.4. The molecule has 4 rings (SSSR count). The molecular weight excluding hydrogens is 366 g/mol. The van der Waals surface area contributed by atoms with Gasteiger partial charge in [-0.2, -0.15) is 0 Å². The maximum atomic E-state index is 13.0. The minimum atomic E-state index is 0.0190. The van der Waals surface area contributed by atoms with Crippen molar-refractivity contribution in [3.63, 3.8) is 0 Å². The van der Waals surface area contributed by atoms with Gasteiger partial charge in [-0.1, -0.05) is 13.0 Å². The van der Waals surface area contributed by atoms with Gasteiger partial charge in [0.25, 0.3) is 5.91 Å². The van der Waals surface area contributed by atoms with Gasteiger partial charge in [0.2, 0.25) is 5.95 Å². The molecule has 4 heterocycles. The third-order valence-electron chi connectivity index (χ3n) is 5.84. The van der Waals surface area contributed by atoms with Crippen molar-refractivity contribution >= 4 is 17.7 Å². The molecule has 0 atom stereocenters. The van der Waals surface area contributed by atoms with E-state index in [1.165, 1.54) is 0 Å². The van der Waals surface area contributed by atoms with Gasteiger partial charge >= 0.3 is 0 Å². The molecule has 0 saturated carbocycles. The predicted molar refractivity (Wildman–Crippen MR) is 113 cm³/mol. The lowest BCUT2D eigenvalue weighted by Crippen LogP contribution is -2.49. The molecule has 0 aliphatic carbocycles. The number of aromatic nitrogens is 3. The number of hydrogen-bond donors (Lipinski definition) is 0. The normalized spacial score (nSPS) is 18.2. The van der Waals surface area contributed by atoms with Crippen LogP contribution in [0.1, 0.15) is 23.0 Å². The van der Waals surface area contributed by atoms with Gasteiger partial charge in [-0.3, -0.25) is 4.79 Å². The monoisotopic (exact) mass is 395 g/mol. The lowest BCUT2D eigenvalue weighted by molar-refractivity contribution is 0.0745.